The summed E-state index contributed by atoms with van der Waals surface area (Å²) < 4.78 is 0. The number of rotatable bonds is 1. The fraction of sp³-hybridized carbons (Fsp3) is 0.632. The molecule has 0 bridgehead atoms. The quantitative estimate of drug-likeness (QED) is 0.783. The number of fused-ring (bicyclic) bond motifs is 4. The Labute approximate surface area is 131 Å². The van der Waals surface area contributed by atoms with Gasteiger partial charge in [0, 0.05) is 17.3 Å². The highest BCUT2D eigenvalue weighted by Gasteiger charge is 2.53. The number of aliphatic hydroxyl groups is 2. The topological polar surface area (TPSA) is 57.5 Å². The Morgan fingerprint density at radius 3 is 2.82 bits per heavy atom. The number of carbonyl (C=O) groups is 1. The van der Waals surface area contributed by atoms with E-state index in [0.29, 0.717) is 12.3 Å². The van der Waals surface area contributed by atoms with Crippen LogP contribution in [0.2, 0.25) is 0 Å². The zero-order valence-electron chi connectivity index (χ0n) is 13.1. The molecule has 4 atom stereocenters. The Kier molecular flexibility index (Phi) is 3.05. The van der Waals surface area contributed by atoms with Crippen LogP contribution in [0.3, 0.4) is 0 Å². The van der Waals surface area contributed by atoms with E-state index in [4.69, 9.17) is 0 Å². The first-order valence-electron chi connectivity index (χ1n) is 8.47. The largest absolute Gasteiger partial charge is 0.395 e. The maximum Gasteiger partial charge on any atom is 0.156 e. The molecule has 0 aromatic carbocycles. The summed E-state index contributed by atoms with van der Waals surface area (Å²) in [7, 11) is 0. The molecular formula is C19H24O3. The van der Waals surface area contributed by atoms with Gasteiger partial charge in [-0.2, -0.15) is 0 Å². The van der Waals surface area contributed by atoms with Crippen LogP contribution in [0.25, 0.3) is 0 Å². The van der Waals surface area contributed by atoms with Gasteiger partial charge in [0.1, 0.15) is 0 Å². The highest BCUT2D eigenvalue weighted by atomic mass is 16.3. The summed E-state index contributed by atoms with van der Waals surface area (Å²) in [5.41, 5.74) is 3.39. The van der Waals surface area contributed by atoms with Crippen molar-refractivity contribution in [2.75, 3.05) is 6.61 Å². The molecule has 1 saturated carbocycles. The van der Waals surface area contributed by atoms with Gasteiger partial charge in [-0.1, -0.05) is 24.6 Å². The second kappa shape index (κ2) is 4.65. The Morgan fingerprint density at radius 2 is 2.05 bits per heavy atom. The zero-order chi connectivity index (χ0) is 15.5. The van der Waals surface area contributed by atoms with E-state index in [2.05, 4.69) is 13.0 Å². The second-order valence-electron chi connectivity index (χ2n) is 7.71. The van der Waals surface area contributed by atoms with Crippen molar-refractivity contribution in [2.24, 2.45) is 16.7 Å². The van der Waals surface area contributed by atoms with Gasteiger partial charge in [0.15, 0.2) is 5.78 Å². The number of allylic oxidation sites excluding steroid dienone is 4. The third-order valence-electron chi connectivity index (χ3n) is 6.87. The molecule has 4 aliphatic rings. The van der Waals surface area contributed by atoms with E-state index in [-0.39, 0.29) is 29.3 Å². The van der Waals surface area contributed by atoms with Crippen LogP contribution in [0, 0.1) is 16.7 Å². The average molecular weight is 300 g/mol. The monoisotopic (exact) mass is 300 g/mol. The van der Waals surface area contributed by atoms with Gasteiger partial charge in [-0.3, -0.25) is 4.79 Å². The molecule has 0 amide bonds. The summed E-state index contributed by atoms with van der Waals surface area (Å²) in [4.78, 5) is 11.8. The van der Waals surface area contributed by atoms with E-state index in [0.717, 1.165) is 37.7 Å². The maximum atomic E-state index is 11.8. The molecule has 0 unspecified atom stereocenters. The van der Waals surface area contributed by atoms with Gasteiger partial charge in [0.25, 0.3) is 0 Å². The van der Waals surface area contributed by atoms with Gasteiger partial charge in [0.2, 0.25) is 0 Å². The van der Waals surface area contributed by atoms with Crippen molar-refractivity contribution in [3.05, 3.63) is 34.9 Å². The molecule has 0 heterocycles. The van der Waals surface area contributed by atoms with Crippen molar-refractivity contribution in [2.45, 2.75) is 51.6 Å². The Hall–Kier alpha value is -1.19. The molecule has 118 valence electrons. The van der Waals surface area contributed by atoms with Crippen LogP contribution in [-0.4, -0.2) is 28.7 Å². The standard InChI is InChI=1S/C19H24O3/c1-18-8-7-16-14(15(18)4-5-17(18)22)3-2-12-10-13(21)6-9-19(12,16)11-20/h2-3,10,16-17,20,22H,4-9,11H2,1H3/t16-,17-,18-,19+/m0/s1. The minimum Gasteiger partial charge on any atom is -0.395 e. The van der Waals surface area contributed by atoms with Gasteiger partial charge in [-0.05, 0) is 55.2 Å². The second-order valence-corrected chi connectivity index (χ2v) is 7.71. The minimum absolute atomic E-state index is 0.0848. The molecule has 0 aliphatic heterocycles. The predicted octanol–water partition coefficient (Wildman–Crippen LogP) is 2.69. The Bertz CT molecular complexity index is 627. The third kappa shape index (κ3) is 1.67. The molecule has 0 saturated heterocycles. The molecule has 3 heteroatoms. The van der Waals surface area contributed by atoms with Gasteiger partial charge >= 0.3 is 0 Å². The summed E-state index contributed by atoms with van der Waals surface area (Å²) in [6, 6.07) is 0. The molecule has 4 rings (SSSR count). The molecule has 2 N–H and O–H groups in total. The predicted molar refractivity (Wildman–Crippen MR) is 84.1 cm³/mol. The summed E-state index contributed by atoms with van der Waals surface area (Å²) in [5, 5.41) is 20.6. The maximum absolute atomic E-state index is 11.8. The van der Waals surface area contributed by atoms with E-state index in [1.165, 1.54) is 11.1 Å². The van der Waals surface area contributed by atoms with Gasteiger partial charge in [-0.15, -0.1) is 0 Å². The average Bonchev–Trinajstić information content (AvgIpc) is 2.82. The van der Waals surface area contributed by atoms with E-state index in [1.54, 1.807) is 6.08 Å². The molecule has 0 radical (unpaired) electrons. The van der Waals surface area contributed by atoms with Crippen molar-refractivity contribution < 1.29 is 15.0 Å². The smallest absolute Gasteiger partial charge is 0.156 e. The van der Waals surface area contributed by atoms with E-state index in [9.17, 15) is 15.0 Å². The van der Waals surface area contributed by atoms with E-state index in [1.807, 2.05) is 6.08 Å². The number of carbonyl (C=O) groups excluding carboxylic acids is 1. The fourth-order valence-corrected chi connectivity index (χ4v) is 5.41. The van der Waals surface area contributed by atoms with Crippen LogP contribution < -0.4 is 0 Å². The van der Waals surface area contributed by atoms with E-state index < -0.39 is 0 Å². The van der Waals surface area contributed by atoms with Crippen molar-refractivity contribution >= 4 is 5.78 Å². The normalized spacial score (nSPS) is 43.6. The number of hydrogen-bond acceptors (Lipinski definition) is 3. The molecule has 3 nitrogen and oxygen atoms in total. The minimum atomic E-state index is -0.278. The van der Waals surface area contributed by atoms with Crippen molar-refractivity contribution in [3.8, 4) is 0 Å². The molecule has 1 fully saturated rings. The van der Waals surface area contributed by atoms with Crippen molar-refractivity contribution in [1.29, 1.82) is 0 Å². The van der Waals surface area contributed by atoms with Crippen LogP contribution in [0.1, 0.15) is 45.4 Å². The lowest BCUT2D eigenvalue weighted by molar-refractivity contribution is -0.116. The SMILES string of the molecule is C[C@]12CC[C@H]3C(=C1CC[C@@H]2O)C=CC1=CC(=O)CC[C@@]13CO. The highest BCUT2D eigenvalue weighted by molar-refractivity contribution is 5.92. The zero-order valence-corrected chi connectivity index (χ0v) is 13.1. The molecule has 0 spiro atoms. The Morgan fingerprint density at radius 1 is 1.23 bits per heavy atom. The van der Waals surface area contributed by atoms with Crippen LogP contribution in [0.15, 0.2) is 34.9 Å². The lowest BCUT2D eigenvalue weighted by Gasteiger charge is -2.50. The van der Waals surface area contributed by atoms with Crippen molar-refractivity contribution in [3.63, 3.8) is 0 Å². The highest BCUT2D eigenvalue weighted by Crippen LogP contribution is 2.60. The molecule has 4 aliphatic carbocycles. The van der Waals surface area contributed by atoms with Gasteiger partial charge in [-0.25, -0.2) is 0 Å². The molecule has 0 aromatic rings. The van der Waals surface area contributed by atoms with Crippen LogP contribution in [0.5, 0.6) is 0 Å². The van der Waals surface area contributed by atoms with Crippen molar-refractivity contribution in [1.82, 2.24) is 0 Å². The third-order valence-corrected chi connectivity index (χ3v) is 6.87. The fourth-order valence-electron chi connectivity index (χ4n) is 5.41. The lowest BCUT2D eigenvalue weighted by Crippen LogP contribution is -2.45. The first kappa shape index (κ1) is 14.4. The van der Waals surface area contributed by atoms with Crippen LogP contribution in [-0.2, 0) is 4.79 Å². The lowest BCUT2D eigenvalue weighted by atomic mass is 9.54. The van der Waals surface area contributed by atoms with E-state index >= 15 is 0 Å². The number of aliphatic hydroxyl groups excluding tert-OH is 2. The number of ketones is 1. The molecule has 22 heavy (non-hydrogen) atoms. The summed E-state index contributed by atoms with van der Waals surface area (Å²) >= 11 is 0. The Balaban J connectivity index is 1.89. The first-order chi connectivity index (χ1) is 10.5. The van der Waals surface area contributed by atoms with Crippen LogP contribution >= 0.6 is 0 Å². The first-order valence-corrected chi connectivity index (χ1v) is 8.47. The summed E-state index contributed by atoms with van der Waals surface area (Å²) in [5.74, 6) is 0.479. The molecular weight excluding hydrogens is 276 g/mol. The van der Waals surface area contributed by atoms with Crippen LogP contribution in [0.4, 0.5) is 0 Å². The number of hydrogen-bond donors (Lipinski definition) is 2. The van der Waals surface area contributed by atoms with Gasteiger partial charge in [0.05, 0.1) is 12.7 Å². The summed E-state index contributed by atoms with van der Waals surface area (Å²) in [6.07, 6.45) is 10.8. The molecule has 0 aromatic heterocycles. The van der Waals surface area contributed by atoms with Gasteiger partial charge < -0.3 is 10.2 Å². The summed E-state index contributed by atoms with van der Waals surface area (Å²) in [6.45, 7) is 2.30.